The Hall–Kier alpha value is -0.710. The maximum Gasteiger partial charge on any atom is 0.272 e. The van der Waals surface area contributed by atoms with Gasteiger partial charge >= 0.3 is 0 Å². The predicted molar refractivity (Wildman–Crippen MR) is 48.2 cm³/mol. The maximum absolute atomic E-state index is 11.8. The molecular weight excluding hydrogens is 244 g/mol. The van der Waals surface area contributed by atoms with Crippen molar-refractivity contribution in [3.63, 3.8) is 0 Å². The number of halogens is 3. The molecule has 0 aliphatic rings. The number of alkyl halides is 2. The fourth-order valence-electron chi connectivity index (χ4n) is 0.758. The van der Waals surface area contributed by atoms with E-state index in [9.17, 15) is 8.78 Å². The molecule has 1 aromatic rings. The quantitative estimate of drug-likeness (QED) is 0.825. The van der Waals surface area contributed by atoms with Crippen LogP contribution in [0.25, 0.3) is 0 Å². The van der Waals surface area contributed by atoms with E-state index in [-0.39, 0.29) is 5.88 Å². The summed E-state index contributed by atoms with van der Waals surface area (Å²) in [6, 6.07) is 1.76. The molecule has 2 nitrogen and oxygen atoms in total. The van der Waals surface area contributed by atoms with Crippen molar-refractivity contribution in [3.05, 3.63) is 22.3 Å². The highest BCUT2D eigenvalue weighted by atomic mass is 79.9. The van der Waals surface area contributed by atoms with Gasteiger partial charge in [-0.2, -0.15) is 0 Å². The SMILES string of the molecule is Cc1ccnc(OCC(F)F)c1Br. The van der Waals surface area contributed by atoms with Crippen molar-refractivity contribution in [3.8, 4) is 5.88 Å². The van der Waals surface area contributed by atoms with Crippen LogP contribution >= 0.6 is 15.9 Å². The van der Waals surface area contributed by atoms with Gasteiger partial charge in [-0.3, -0.25) is 0 Å². The molecule has 0 unspecified atom stereocenters. The first-order chi connectivity index (χ1) is 6.11. The summed E-state index contributed by atoms with van der Waals surface area (Å²) in [6.07, 6.45) is -0.963. The van der Waals surface area contributed by atoms with Crippen LogP contribution in [0.2, 0.25) is 0 Å². The average molecular weight is 252 g/mol. The first kappa shape index (κ1) is 10.4. The summed E-state index contributed by atoms with van der Waals surface area (Å²) in [5.41, 5.74) is 0.902. The molecule has 0 amide bonds. The van der Waals surface area contributed by atoms with E-state index < -0.39 is 13.0 Å². The lowest BCUT2D eigenvalue weighted by molar-refractivity contribution is 0.0791. The van der Waals surface area contributed by atoms with Crippen LogP contribution in [0.3, 0.4) is 0 Å². The highest BCUT2D eigenvalue weighted by molar-refractivity contribution is 9.10. The van der Waals surface area contributed by atoms with Crippen LogP contribution in [0.4, 0.5) is 8.78 Å². The average Bonchev–Trinajstić information content (AvgIpc) is 2.07. The summed E-state index contributed by atoms with van der Waals surface area (Å²) in [5, 5.41) is 0. The fraction of sp³-hybridized carbons (Fsp3) is 0.375. The maximum atomic E-state index is 11.8. The molecule has 0 atom stereocenters. The molecule has 0 aliphatic carbocycles. The van der Waals surface area contributed by atoms with E-state index in [1.165, 1.54) is 6.20 Å². The Labute approximate surface area is 83.1 Å². The molecule has 0 aliphatic heterocycles. The number of rotatable bonds is 3. The van der Waals surface area contributed by atoms with Crippen LogP contribution in [0, 0.1) is 6.92 Å². The Morgan fingerprint density at radius 3 is 2.92 bits per heavy atom. The monoisotopic (exact) mass is 251 g/mol. The zero-order chi connectivity index (χ0) is 9.84. The van der Waals surface area contributed by atoms with Crippen molar-refractivity contribution in [1.29, 1.82) is 0 Å². The molecule has 1 heterocycles. The van der Waals surface area contributed by atoms with Gasteiger partial charge in [0, 0.05) is 6.20 Å². The number of hydrogen-bond donors (Lipinski definition) is 0. The predicted octanol–water partition coefficient (Wildman–Crippen LogP) is 2.80. The minimum atomic E-state index is -2.48. The van der Waals surface area contributed by atoms with Crippen LogP contribution in [0.1, 0.15) is 5.56 Å². The van der Waals surface area contributed by atoms with Crippen LogP contribution in [-0.2, 0) is 0 Å². The second kappa shape index (κ2) is 4.50. The Bertz CT molecular complexity index is 293. The number of aryl methyl sites for hydroxylation is 1. The van der Waals surface area contributed by atoms with Gasteiger partial charge in [-0.15, -0.1) is 0 Å². The zero-order valence-electron chi connectivity index (χ0n) is 6.93. The number of ether oxygens (including phenoxy) is 1. The first-order valence-corrected chi connectivity index (χ1v) is 4.42. The molecule has 5 heteroatoms. The molecule has 0 fully saturated rings. The summed E-state index contributed by atoms with van der Waals surface area (Å²) < 4.78 is 29.0. The molecule has 0 aromatic carbocycles. The third-order valence-electron chi connectivity index (χ3n) is 1.40. The van der Waals surface area contributed by atoms with Crippen LogP contribution in [0.15, 0.2) is 16.7 Å². The summed E-state index contributed by atoms with van der Waals surface area (Å²) in [4.78, 5) is 3.81. The van der Waals surface area contributed by atoms with Gasteiger partial charge in [0.2, 0.25) is 5.88 Å². The van der Waals surface area contributed by atoms with Crippen LogP contribution in [-0.4, -0.2) is 18.0 Å². The normalized spacial score (nSPS) is 10.5. The van der Waals surface area contributed by atoms with Crippen molar-refractivity contribution < 1.29 is 13.5 Å². The Balaban J connectivity index is 2.71. The molecule has 0 saturated carbocycles. The third-order valence-corrected chi connectivity index (χ3v) is 2.36. The Kier molecular flexibility index (Phi) is 3.59. The standard InChI is InChI=1S/C8H8BrF2NO/c1-5-2-3-12-8(7(5)9)13-4-6(10)11/h2-3,6H,4H2,1H3. The van der Waals surface area contributed by atoms with Crippen molar-refractivity contribution in [2.24, 2.45) is 0 Å². The second-order valence-corrected chi connectivity index (χ2v) is 3.24. The number of pyridine rings is 1. The van der Waals surface area contributed by atoms with Gasteiger partial charge in [0.25, 0.3) is 6.43 Å². The number of aromatic nitrogens is 1. The Morgan fingerprint density at radius 1 is 1.62 bits per heavy atom. The molecule has 1 aromatic heterocycles. The van der Waals surface area contributed by atoms with E-state index >= 15 is 0 Å². The van der Waals surface area contributed by atoms with Crippen molar-refractivity contribution in [2.75, 3.05) is 6.61 Å². The van der Waals surface area contributed by atoms with E-state index in [1.54, 1.807) is 6.07 Å². The van der Waals surface area contributed by atoms with Crippen LogP contribution < -0.4 is 4.74 Å². The fourth-order valence-corrected chi connectivity index (χ4v) is 1.11. The third kappa shape index (κ3) is 2.91. The molecule has 1 rings (SSSR count). The van der Waals surface area contributed by atoms with Gasteiger partial charge in [0.15, 0.2) is 6.61 Å². The van der Waals surface area contributed by atoms with E-state index in [0.29, 0.717) is 4.47 Å². The van der Waals surface area contributed by atoms with E-state index in [4.69, 9.17) is 4.74 Å². The van der Waals surface area contributed by atoms with E-state index in [1.807, 2.05) is 6.92 Å². The minimum Gasteiger partial charge on any atom is -0.471 e. The molecule has 0 spiro atoms. The second-order valence-electron chi connectivity index (χ2n) is 2.45. The van der Waals surface area contributed by atoms with Gasteiger partial charge in [-0.05, 0) is 34.5 Å². The largest absolute Gasteiger partial charge is 0.471 e. The van der Waals surface area contributed by atoms with Gasteiger partial charge in [-0.1, -0.05) is 0 Å². The highest BCUT2D eigenvalue weighted by Crippen LogP contribution is 2.25. The highest BCUT2D eigenvalue weighted by Gasteiger charge is 2.08. The summed E-state index contributed by atoms with van der Waals surface area (Å²) in [7, 11) is 0. The zero-order valence-corrected chi connectivity index (χ0v) is 8.51. The lowest BCUT2D eigenvalue weighted by Crippen LogP contribution is -2.08. The smallest absolute Gasteiger partial charge is 0.272 e. The van der Waals surface area contributed by atoms with Crippen LogP contribution in [0.5, 0.6) is 5.88 Å². The molecule has 13 heavy (non-hydrogen) atoms. The van der Waals surface area contributed by atoms with Crippen molar-refractivity contribution in [1.82, 2.24) is 4.98 Å². The van der Waals surface area contributed by atoms with Gasteiger partial charge in [-0.25, -0.2) is 13.8 Å². The van der Waals surface area contributed by atoms with E-state index in [0.717, 1.165) is 5.56 Å². The summed E-state index contributed by atoms with van der Waals surface area (Å²) in [5.74, 6) is 0.209. The van der Waals surface area contributed by atoms with Gasteiger partial charge < -0.3 is 4.74 Å². The van der Waals surface area contributed by atoms with Gasteiger partial charge in [0.05, 0.1) is 4.47 Å². The molecule has 0 N–H and O–H groups in total. The molecule has 0 bridgehead atoms. The number of nitrogens with zero attached hydrogens (tertiary/aromatic N) is 1. The molecule has 0 saturated heterocycles. The molecule has 0 radical (unpaired) electrons. The number of hydrogen-bond acceptors (Lipinski definition) is 2. The first-order valence-electron chi connectivity index (χ1n) is 3.63. The van der Waals surface area contributed by atoms with Crippen molar-refractivity contribution in [2.45, 2.75) is 13.3 Å². The topological polar surface area (TPSA) is 22.1 Å². The minimum absolute atomic E-state index is 0.209. The Morgan fingerprint density at radius 2 is 2.31 bits per heavy atom. The lowest BCUT2D eigenvalue weighted by atomic mass is 10.3. The molecule has 72 valence electrons. The van der Waals surface area contributed by atoms with E-state index in [2.05, 4.69) is 20.9 Å². The lowest BCUT2D eigenvalue weighted by Gasteiger charge is -2.07. The molecular formula is C8H8BrF2NO. The van der Waals surface area contributed by atoms with Crippen molar-refractivity contribution >= 4 is 15.9 Å². The summed E-state index contributed by atoms with van der Waals surface area (Å²) >= 11 is 3.20. The summed E-state index contributed by atoms with van der Waals surface area (Å²) in [6.45, 7) is 1.20. The van der Waals surface area contributed by atoms with Gasteiger partial charge in [0.1, 0.15) is 0 Å².